The summed E-state index contributed by atoms with van der Waals surface area (Å²) in [6, 6.07) is 10.6. The zero-order chi connectivity index (χ0) is 21.1. The van der Waals surface area contributed by atoms with Gasteiger partial charge >= 0.3 is 5.97 Å². The van der Waals surface area contributed by atoms with E-state index in [2.05, 4.69) is 10.3 Å². The van der Waals surface area contributed by atoms with Gasteiger partial charge in [0.1, 0.15) is 5.52 Å². The third kappa shape index (κ3) is 3.91. The Morgan fingerprint density at radius 2 is 1.97 bits per heavy atom. The second-order valence-electron chi connectivity index (χ2n) is 6.78. The molecule has 1 aliphatic rings. The number of carbonyl (C=O) groups excluding carboxylic acids is 2. The molecular formula is C21H22N4O5. The molecule has 0 fully saturated rings. The predicted molar refractivity (Wildman–Crippen MR) is 107 cm³/mol. The van der Waals surface area contributed by atoms with Crippen molar-refractivity contribution < 1.29 is 23.8 Å². The molecule has 30 heavy (non-hydrogen) atoms. The monoisotopic (exact) mass is 410 g/mol. The van der Waals surface area contributed by atoms with Gasteiger partial charge in [0.15, 0.2) is 18.1 Å². The molecule has 0 unspecified atom stereocenters. The lowest BCUT2D eigenvalue weighted by Crippen LogP contribution is -2.34. The maximum absolute atomic E-state index is 12.6. The molecule has 9 nitrogen and oxygen atoms in total. The van der Waals surface area contributed by atoms with Crippen LogP contribution in [0.4, 0.5) is 0 Å². The van der Waals surface area contributed by atoms with Crippen LogP contribution in [-0.2, 0) is 22.6 Å². The van der Waals surface area contributed by atoms with Crippen molar-refractivity contribution in [3.63, 3.8) is 0 Å². The molecule has 1 aliphatic heterocycles. The zero-order valence-electron chi connectivity index (χ0n) is 16.8. The minimum atomic E-state index is -0.574. The minimum absolute atomic E-state index is 0.200. The van der Waals surface area contributed by atoms with Gasteiger partial charge in [0.25, 0.3) is 5.91 Å². The molecule has 0 N–H and O–H groups in total. The van der Waals surface area contributed by atoms with Crippen LogP contribution in [-0.4, -0.2) is 51.7 Å². The lowest BCUT2D eigenvalue weighted by atomic mass is 10.2. The second-order valence-corrected chi connectivity index (χ2v) is 6.78. The van der Waals surface area contributed by atoms with Crippen molar-refractivity contribution >= 4 is 22.9 Å². The highest BCUT2D eigenvalue weighted by molar-refractivity contribution is 5.94. The summed E-state index contributed by atoms with van der Waals surface area (Å²) in [6.07, 6.45) is 0. The maximum atomic E-state index is 12.6. The van der Waals surface area contributed by atoms with Crippen LogP contribution in [0.25, 0.3) is 11.0 Å². The first-order valence-electron chi connectivity index (χ1n) is 9.75. The number of likely N-dealkylation sites (N-methyl/N-ethyl adjacent to an activating group) is 1. The molecule has 0 spiro atoms. The van der Waals surface area contributed by atoms with Gasteiger partial charge in [0.05, 0.1) is 11.1 Å². The lowest BCUT2D eigenvalue weighted by Gasteiger charge is -2.21. The van der Waals surface area contributed by atoms with Gasteiger partial charge in [-0.15, -0.1) is 5.10 Å². The van der Waals surface area contributed by atoms with E-state index in [9.17, 15) is 9.59 Å². The van der Waals surface area contributed by atoms with E-state index in [-0.39, 0.29) is 19.3 Å². The summed E-state index contributed by atoms with van der Waals surface area (Å²) in [5, 5.41) is 8.07. The third-order valence-corrected chi connectivity index (χ3v) is 4.92. The fourth-order valence-electron chi connectivity index (χ4n) is 3.27. The summed E-state index contributed by atoms with van der Waals surface area (Å²) in [7, 11) is 0. The Labute approximate surface area is 173 Å². The average Bonchev–Trinajstić information content (AvgIpc) is 3.41. The molecule has 0 bridgehead atoms. The molecule has 9 heteroatoms. The molecule has 1 aromatic heterocycles. The van der Waals surface area contributed by atoms with Crippen LogP contribution in [0.2, 0.25) is 0 Å². The van der Waals surface area contributed by atoms with Gasteiger partial charge < -0.3 is 19.1 Å². The fraction of sp³-hybridized carbons (Fsp3) is 0.333. The number of hydrogen-bond acceptors (Lipinski definition) is 7. The van der Waals surface area contributed by atoms with Crippen molar-refractivity contribution in [1.82, 2.24) is 19.9 Å². The van der Waals surface area contributed by atoms with Crippen molar-refractivity contribution in [2.75, 3.05) is 19.9 Å². The number of esters is 1. The molecule has 156 valence electrons. The van der Waals surface area contributed by atoms with E-state index >= 15 is 0 Å². The van der Waals surface area contributed by atoms with Gasteiger partial charge in [-0.3, -0.25) is 4.79 Å². The number of aryl methyl sites for hydroxylation is 1. The van der Waals surface area contributed by atoms with Gasteiger partial charge in [0.2, 0.25) is 6.79 Å². The average molecular weight is 410 g/mol. The van der Waals surface area contributed by atoms with Gasteiger partial charge in [-0.05, 0) is 49.7 Å². The molecule has 3 aromatic rings. The standard InChI is InChI=1S/C21H22N4O5/c1-3-24(11-14-5-8-18-19(9-14)30-13-29-18)20(26)12-28-21(27)15-6-7-17-16(10-15)22-23-25(17)4-2/h5-10H,3-4,11-13H2,1-2H3. The zero-order valence-corrected chi connectivity index (χ0v) is 16.8. The van der Waals surface area contributed by atoms with Crippen LogP contribution in [0.3, 0.4) is 0 Å². The number of carbonyl (C=O) groups is 2. The summed E-state index contributed by atoms with van der Waals surface area (Å²) < 4.78 is 17.7. The Bertz CT molecular complexity index is 1090. The van der Waals surface area contributed by atoms with Crippen LogP contribution in [0.1, 0.15) is 29.8 Å². The van der Waals surface area contributed by atoms with E-state index in [1.807, 2.05) is 32.0 Å². The summed E-state index contributed by atoms with van der Waals surface area (Å²) in [5.41, 5.74) is 2.68. The smallest absolute Gasteiger partial charge is 0.338 e. The first kappa shape index (κ1) is 19.7. The number of rotatable bonds is 7. The third-order valence-electron chi connectivity index (χ3n) is 4.92. The highest BCUT2D eigenvalue weighted by atomic mass is 16.7. The number of benzene rings is 2. The summed E-state index contributed by atoms with van der Waals surface area (Å²) in [5.74, 6) is 0.507. The van der Waals surface area contributed by atoms with E-state index < -0.39 is 5.97 Å². The quantitative estimate of drug-likeness (QED) is 0.552. The van der Waals surface area contributed by atoms with Gasteiger partial charge in [0, 0.05) is 19.6 Å². The number of fused-ring (bicyclic) bond motifs is 2. The van der Waals surface area contributed by atoms with Gasteiger partial charge in [-0.2, -0.15) is 0 Å². The number of ether oxygens (including phenoxy) is 3. The first-order valence-corrected chi connectivity index (χ1v) is 9.75. The summed E-state index contributed by atoms with van der Waals surface area (Å²) in [4.78, 5) is 26.6. The molecule has 2 aromatic carbocycles. The SMILES string of the molecule is CCN(Cc1ccc2c(c1)OCO2)C(=O)COC(=O)c1ccc2c(c1)nnn2CC. The Kier molecular flexibility index (Phi) is 5.51. The van der Waals surface area contributed by atoms with E-state index in [0.29, 0.717) is 42.2 Å². The van der Waals surface area contributed by atoms with Gasteiger partial charge in [-0.25, -0.2) is 9.48 Å². The van der Waals surface area contributed by atoms with Gasteiger partial charge in [-0.1, -0.05) is 11.3 Å². The molecular weight excluding hydrogens is 388 g/mol. The van der Waals surface area contributed by atoms with Crippen LogP contribution in [0.5, 0.6) is 11.5 Å². The van der Waals surface area contributed by atoms with Crippen LogP contribution in [0, 0.1) is 0 Å². The van der Waals surface area contributed by atoms with Crippen LogP contribution < -0.4 is 9.47 Å². The summed E-state index contributed by atoms with van der Waals surface area (Å²) >= 11 is 0. The maximum Gasteiger partial charge on any atom is 0.338 e. The minimum Gasteiger partial charge on any atom is -0.454 e. The molecule has 0 radical (unpaired) electrons. The van der Waals surface area contributed by atoms with E-state index in [0.717, 1.165) is 11.1 Å². The van der Waals surface area contributed by atoms with E-state index in [1.165, 1.54) is 0 Å². The van der Waals surface area contributed by atoms with Crippen molar-refractivity contribution in [1.29, 1.82) is 0 Å². The molecule has 0 saturated heterocycles. The van der Waals surface area contributed by atoms with Crippen LogP contribution in [0.15, 0.2) is 36.4 Å². The molecule has 4 rings (SSSR count). The first-order chi connectivity index (χ1) is 14.6. The lowest BCUT2D eigenvalue weighted by molar-refractivity contribution is -0.134. The number of aromatic nitrogens is 3. The van der Waals surface area contributed by atoms with E-state index in [4.69, 9.17) is 14.2 Å². The fourth-order valence-corrected chi connectivity index (χ4v) is 3.27. The molecule has 0 aliphatic carbocycles. The van der Waals surface area contributed by atoms with Crippen molar-refractivity contribution in [2.45, 2.75) is 26.9 Å². The van der Waals surface area contributed by atoms with Crippen molar-refractivity contribution in [3.05, 3.63) is 47.5 Å². The number of nitrogens with zero attached hydrogens (tertiary/aromatic N) is 4. The highest BCUT2D eigenvalue weighted by Crippen LogP contribution is 2.32. The summed E-state index contributed by atoms with van der Waals surface area (Å²) in [6.45, 7) is 5.25. The predicted octanol–water partition coefficient (Wildman–Crippen LogP) is 2.39. The Morgan fingerprint density at radius 3 is 2.77 bits per heavy atom. The topological polar surface area (TPSA) is 95.8 Å². The van der Waals surface area contributed by atoms with Crippen molar-refractivity contribution in [3.8, 4) is 11.5 Å². The molecule has 0 atom stereocenters. The molecule has 2 heterocycles. The normalized spacial score (nSPS) is 12.2. The Morgan fingerprint density at radius 1 is 1.13 bits per heavy atom. The number of hydrogen-bond donors (Lipinski definition) is 0. The molecule has 0 saturated carbocycles. The Balaban J connectivity index is 1.37. The van der Waals surface area contributed by atoms with Crippen LogP contribution >= 0.6 is 0 Å². The Hall–Kier alpha value is -3.62. The second kappa shape index (κ2) is 8.40. The number of amides is 1. The largest absolute Gasteiger partial charge is 0.454 e. The highest BCUT2D eigenvalue weighted by Gasteiger charge is 2.19. The molecule has 1 amide bonds. The van der Waals surface area contributed by atoms with Crippen molar-refractivity contribution in [2.24, 2.45) is 0 Å². The van der Waals surface area contributed by atoms with E-state index in [1.54, 1.807) is 27.8 Å².